The summed E-state index contributed by atoms with van der Waals surface area (Å²) in [6, 6.07) is 3.27. The summed E-state index contributed by atoms with van der Waals surface area (Å²) >= 11 is 0. The third-order valence-corrected chi connectivity index (χ3v) is 8.85. The van der Waals surface area contributed by atoms with Crippen molar-refractivity contribution < 1.29 is 33.6 Å². The number of urea groups is 1. The number of nitrogens with one attached hydrogen (secondary N) is 4. The number of amides is 7. The zero-order valence-electron chi connectivity index (χ0n) is 29.0. The zero-order chi connectivity index (χ0) is 35.4. The van der Waals surface area contributed by atoms with Crippen molar-refractivity contribution in [3.8, 4) is 0 Å². The molecule has 0 aromatic heterocycles. The van der Waals surface area contributed by atoms with Crippen LogP contribution < -0.4 is 21.3 Å². The summed E-state index contributed by atoms with van der Waals surface area (Å²) in [6.07, 6.45) is 0.543. The Kier molecular flexibility index (Phi) is 11.6. The molecule has 0 unspecified atom stereocenters. The number of fused-ring (bicyclic) bond motifs is 1. The van der Waals surface area contributed by atoms with E-state index in [0.717, 1.165) is 4.90 Å². The molecule has 13 nitrogen and oxygen atoms in total. The number of rotatable bonds is 11. The molecule has 4 atom stereocenters. The van der Waals surface area contributed by atoms with Crippen LogP contribution in [0.4, 0.5) is 4.79 Å². The largest absolute Gasteiger partial charge is 0.350 e. The second-order valence-electron chi connectivity index (χ2n) is 14.8. The second kappa shape index (κ2) is 14.6. The van der Waals surface area contributed by atoms with Gasteiger partial charge in [0.25, 0.3) is 17.7 Å². The number of nitrogens with zero attached hydrogens (tertiary/aromatic N) is 2. The van der Waals surface area contributed by atoms with E-state index in [2.05, 4.69) is 21.3 Å². The minimum atomic E-state index is -1.06. The van der Waals surface area contributed by atoms with Crippen LogP contribution in [0.15, 0.2) is 24.3 Å². The lowest BCUT2D eigenvalue weighted by molar-refractivity contribution is -0.143. The Morgan fingerprint density at radius 2 is 1.45 bits per heavy atom. The monoisotopic (exact) mass is 654 g/mol. The van der Waals surface area contributed by atoms with Gasteiger partial charge in [-0.2, -0.15) is 0 Å². The Bertz CT molecular complexity index is 1380. The molecule has 0 saturated carbocycles. The van der Waals surface area contributed by atoms with Crippen molar-refractivity contribution in [2.75, 3.05) is 26.2 Å². The zero-order valence-corrected chi connectivity index (χ0v) is 29.0. The molecule has 1 saturated heterocycles. The summed E-state index contributed by atoms with van der Waals surface area (Å²) in [7, 11) is 0. The molecule has 1 fully saturated rings. The van der Waals surface area contributed by atoms with Gasteiger partial charge in [-0.3, -0.25) is 33.7 Å². The summed E-state index contributed by atoms with van der Waals surface area (Å²) in [5, 5.41) is 10.7. The number of likely N-dealkylation sites (N-methyl/N-ethyl adjacent to an activating group) is 1. The Labute approximate surface area is 276 Å². The Morgan fingerprint density at radius 3 is 1.94 bits per heavy atom. The SMILES string of the molecule is CCNC(=O)C(=O)CNC(=O)[C@@H]1[C@@H](C(C)C)CCN1C(=O)[C@@H](NC(=O)N[C@H](CN1C(=O)c2ccccc2C1=O)C(C)(C)C)C(C)(C)C. The van der Waals surface area contributed by atoms with Crippen LogP contribution in [0.3, 0.4) is 0 Å². The van der Waals surface area contributed by atoms with Gasteiger partial charge in [-0.25, -0.2) is 4.79 Å². The van der Waals surface area contributed by atoms with E-state index in [0.29, 0.717) is 17.5 Å². The topological polar surface area (TPSA) is 174 Å². The smallest absolute Gasteiger partial charge is 0.315 e. The number of ketones is 1. The van der Waals surface area contributed by atoms with Crippen molar-refractivity contribution in [1.29, 1.82) is 0 Å². The van der Waals surface area contributed by atoms with Gasteiger partial charge in [0, 0.05) is 13.1 Å². The number of hydrogen-bond donors (Lipinski definition) is 4. The fourth-order valence-corrected chi connectivity index (χ4v) is 5.98. The molecule has 2 aliphatic heterocycles. The Morgan fingerprint density at radius 1 is 0.872 bits per heavy atom. The predicted octanol–water partition coefficient (Wildman–Crippen LogP) is 2.11. The van der Waals surface area contributed by atoms with Crippen LogP contribution in [0.5, 0.6) is 0 Å². The van der Waals surface area contributed by atoms with E-state index in [1.165, 1.54) is 4.90 Å². The summed E-state index contributed by atoms with van der Waals surface area (Å²) in [5.74, 6) is -3.65. The highest BCUT2D eigenvalue weighted by Crippen LogP contribution is 2.33. The lowest BCUT2D eigenvalue weighted by Gasteiger charge is -2.38. The van der Waals surface area contributed by atoms with Gasteiger partial charge < -0.3 is 26.2 Å². The third-order valence-electron chi connectivity index (χ3n) is 8.85. The van der Waals surface area contributed by atoms with Crippen LogP contribution >= 0.6 is 0 Å². The number of carbonyl (C=O) groups excluding carboxylic acids is 7. The number of benzene rings is 1. The van der Waals surface area contributed by atoms with Gasteiger partial charge in [0.15, 0.2) is 0 Å². The van der Waals surface area contributed by atoms with Crippen LogP contribution in [0.25, 0.3) is 0 Å². The Balaban J connectivity index is 1.79. The maximum atomic E-state index is 14.2. The van der Waals surface area contributed by atoms with Crippen molar-refractivity contribution >= 4 is 41.4 Å². The molecule has 2 aliphatic rings. The normalized spacial score (nSPS) is 19.3. The minimum absolute atomic E-state index is 0.0293. The molecule has 1 aromatic carbocycles. The highest BCUT2D eigenvalue weighted by Gasteiger charge is 2.47. The van der Waals surface area contributed by atoms with E-state index in [1.807, 2.05) is 34.6 Å². The van der Waals surface area contributed by atoms with E-state index >= 15 is 0 Å². The third kappa shape index (κ3) is 8.55. The summed E-state index contributed by atoms with van der Waals surface area (Å²) in [4.78, 5) is 94.0. The first kappa shape index (κ1) is 37.2. The molecule has 2 heterocycles. The minimum Gasteiger partial charge on any atom is -0.350 e. The van der Waals surface area contributed by atoms with Crippen molar-refractivity contribution in [3.05, 3.63) is 35.4 Å². The van der Waals surface area contributed by atoms with Crippen molar-refractivity contribution in [2.24, 2.45) is 22.7 Å². The molecule has 1 aromatic rings. The molecule has 7 amide bonds. The first-order valence-electron chi connectivity index (χ1n) is 16.2. The summed E-state index contributed by atoms with van der Waals surface area (Å²) < 4.78 is 0. The van der Waals surface area contributed by atoms with Crippen LogP contribution in [0, 0.1) is 22.7 Å². The van der Waals surface area contributed by atoms with Crippen LogP contribution in [-0.4, -0.2) is 95.5 Å². The molecule has 0 aliphatic carbocycles. The van der Waals surface area contributed by atoms with Crippen LogP contribution in [0.2, 0.25) is 0 Å². The molecular weight excluding hydrogens is 604 g/mol. The summed E-state index contributed by atoms with van der Waals surface area (Å²) in [6.45, 7) is 16.6. The lowest BCUT2D eigenvalue weighted by atomic mass is 9.84. The van der Waals surface area contributed by atoms with E-state index in [4.69, 9.17) is 0 Å². The van der Waals surface area contributed by atoms with E-state index in [-0.39, 0.29) is 31.5 Å². The maximum absolute atomic E-state index is 14.2. The van der Waals surface area contributed by atoms with Crippen molar-refractivity contribution in [2.45, 2.75) is 86.9 Å². The summed E-state index contributed by atoms with van der Waals surface area (Å²) in [5.41, 5.74) is -0.738. The van der Waals surface area contributed by atoms with Gasteiger partial charge in [-0.05, 0) is 48.1 Å². The van der Waals surface area contributed by atoms with Crippen LogP contribution in [0.1, 0.15) is 89.5 Å². The van der Waals surface area contributed by atoms with Crippen molar-refractivity contribution in [1.82, 2.24) is 31.1 Å². The van der Waals surface area contributed by atoms with Crippen LogP contribution in [-0.2, 0) is 19.2 Å². The predicted molar refractivity (Wildman–Crippen MR) is 175 cm³/mol. The van der Waals surface area contributed by atoms with E-state index in [1.54, 1.807) is 52.0 Å². The highest BCUT2D eigenvalue weighted by atomic mass is 16.2. The fraction of sp³-hybridized carbons (Fsp3) is 0.618. The van der Waals surface area contributed by atoms with Gasteiger partial charge in [-0.15, -0.1) is 0 Å². The van der Waals surface area contributed by atoms with E-state index in [9.17, 15) is 33.6 Å². The maximum Gasteiger partial charge on any atom is 0.315 e. The first-order chi connectivity index (χ1) is 21.8. The average molecular weight is 655 g/mol. The molecule has 258 valence electrons. The fourth-order valence-electron chi connectivity index (χ4n) is 5.98. The quantitative estimate of drug-likeness (QED) is 0.209. The Hall–Kier alpha value is -4.29. The molecule has 13 heteroatoms. The molecule has 3 rings (SSSR count). The molecule has 47 heavy (non-hydrogen) atoms. The number of carbonyl (C=O) groups is 7. The second-order valence-corrected chi connectivity index (χ2v) is 14.8. The van der Waals surface area contributed by atoms with Gasteiger partial charge >= 0.3 is 6.03 Å². The standard InChI is InChI=1S/C34H50N6O7/c1-10-35-27(42)23(41)17-36-28(43)25-20(19(2)3)15-16-39(25)31(46)26(34(7,8)9)38-32(47)37-24(33(4,5)6)18-40-29(44)21-13-11-12-14-22(21)30(40)45/h11-14,19-20,24-26H,10,15-18H2,1-9H3,(H,35,42)(H,36,43)(H2,37,38,47)/t20-,24-,25+,26-/m1/s1. The number of imide groups is 1. The van der Waals surface area contributed by atoms with Gasteiger partial charge in [-0.1, -0.05) is 67.5 Å². The molecule has 0 spiro atoms. The molecule has 0 bridgehead atoms. The molecule has 0 radical (unpaired) electrons. The molecule has 4 N–H and O–H groups in total. The van der Waals surface area contributed by atoms with E-state index < -0.39 is 76.9 Å². The molecular formula is C34H50N6O7. The average Bonchev–Trinajstić information content (AvgIpc) is 3.53. The van der Waals surface area contributed by atoms with Gasteiger partial charge in [0.2, 0.25) is 17.6 Å². The van der Waals surface area contributed by atoms with Crippen molar-refractivity contribution in [3.63, 3.8) is 0 Å². The van der Waals surface area contributed by atoms with Gasteiger partial charge in [0.1, 0.15) is 12.1 Å². The number of Topliss-reactive ketones (excluding diaryl/α,β-unsaturated/α-hetero) is 1. The number of hydrogen-bond acceptors (Lipinski definition) is 7. The lowest BCUT2D eigenvalue weighted by Crippen LogP contribution is -2.62. The highest BCUT2D eigenvalue weighted by molar-refractivity contribution is 6.37. The van der Waals surface area contributed by atoms with Gasteiger partial charge in [0.05, 0.1) is 30.3 Å². The first-order valence-corrected chi connectivity index (χ1v) is 16.2. The number of likely N-dealkylation sites (tertiary alicyclic amines) is 1.